The van der Waals surface area contributed by atoms with Crippen molar-refractivity contribution >= 4 is 10.9 Å². The van der Waals surface area contributed by atoms with Crippen molar-refractivity contribution in [1.29, 1.82) is 0 Å². The average molecular weight is 261 g/mol. The summed E-state index contributed by atoms with van der Waals surface area (Å²) < 4.78 is 5.78. The Bertz CT molecular complexity index is 507. The molecule has 4 nitrogen and oxygen atoms in total. The Morgan fingerprint density at radius 2 is 1.95 bits per heavy atom. The zero-order valence-electron chi connectivity index (χ0n) is 11.3. The quantitative estimate of drug-likeness (QED) is 0.637. The fourth-order valence-corrected chi connectivity index (χ4v) is 2.22. The van der Waals surface area contributed by atoms with Gasteiger partial charge in [0.2, 0.25) is 0 Å². The summed E-state index contributed by atoms with van der Waals surface area (Å²) in [6, 6.07) is 6.16. The van der Waals surface area contributed by atoms with Gasteiger partial charge in [-0.3, -0.25) is 0 Å². The Balaban J connectivity index is 1.97. The van der Waals surface area contributed by atoms with Gasteiger partial charge >= 0.3 is 0 Å². The first-order valence-corrected chi connectivity index (χ1v) is 6.98. The normalized spacial score (nSPS) is 11.1. The van der Waals surface area contributed by atoms with Gasteiger partial charge in [-0.1, -0.05) is 0 Å². The van der Waals surface area contributed by atoms with Crippen molar-refractivity contribution in [2.45, 2.75) is 25.7 Å². The molecule has 104 valence electrons. The minimum Gasteiger partial charge on any atom is -0.494 e. The predicted molar refractivity (Wildman–Crippen MR) is 79.5 cm³/mol. The Morgan fingerprint density at radius 3 is 2.74 bits per heavy atom. The van der Waals surface area contributed by atoms with Gasteiger partial charge in [0.15, 0.2) is 0 Å². The first-order valence-electron chi connectivity index (χ1n) is 6.98. The molecule has 0 spiro atoms. The van der Waals surface area contributed by atoms with Gasteiger partial charge in [0.1, 0.15) is 5.75 Å². The van der Waals surface area contributed by atoms with Gasteiger partial charge in [0.25, 0.3) is 0 Å². The molecule has 1 aromatic heterocycles. The molecule has 0 radical (unpaired) electrons. The predicted octanol–water partition coefficient (Wildman–Crippen LogP) is 2.18. The van der Waals surface area contributed by atoms with E-state index >= 15 is 0 Å². The second-order valence-corrected chi connectivity index (χ2v) is 4.76. The van der Waals surface area contributed by atoms with E-state index in [4.69, 9.17) is 16.2 Å². The maximum absolute atomic E-state index is 5.78. The van der Waals surface area contributed by atoms with Gasteiger partial charge < -0.3 is 21.2 Å². The zero-order valence-corrected chi connectivity index (χ0v) is 11.3. The highest BCUT2D eigenvalue weighted by atomic mass is 16.5. The molecule has 0 aliphatic carbocycles. The van der Waals surface area contributed by atoms with Crippen LogP contribution in [0.3, 0.4) is 0 Å². The molecule has 2 rings (SSSR count). The summed E-state index contributed by atoms with van der Waals surface area (Å²) in [6.07, 6.45) is 6.17. The third-order valence-electron chi connectivity index (χ3n) is 3.27. The van der Waals surface area contributed by atoms with Crippen LogP contribution in [-0.2, 0) is 6.42 Å². The van der Waals surface area contributed by atoms with Crippen molar-refractivity contribution in [3.63, 3.8) is 0 Å². The number of aromatic nitrogens is 1. The van der Waals surface area contributed by atoms with Crippen LogP contribution in [0.5, 0.6) is 5.75 Å². The monoisotopic (exact) mass is 261 g/mol. The molecule has 5 N–H and O–H groups in total. The van der Waals surface area contributed by atoms with E-state index in [1.165, 1.54) is 10.9 Å². The van der Waals surface area contributed by atoms with Crippen molar-refractivity contribution in [3.8, 4) is 5.75 Å². The van der Waals surface area contributed by atoms with E-state index in [0.717, 1.165) is 50.1 Å². The molecule has 19 heavy (non-hydrogen) atoms. The topological polar surface area (TPSA) is 77.1 Å². The Kier molecular flexibility index (Phi) is 5.24. The first kappa shape index (κ1) is 13.9. The van der Waals surface area contributed by atoms with Crippen molar-refractivity contribution in [2.24, 2.45) is 11.5 Å². The molecule has 0 amide bonds. The number of aromatic amines is 1. The standard InChI is InChI=1S/C15H23N3O/c16-7-2-1-3-9-19-13-4-5-15-14(10-13)12(6-8-17)11-18-15/h4-5,10-11,18H,1-3,6-9,16-17H2. The summed E-state index contributed by atoms with van der Waals surface area (Å²) in [7, 11) is 0. The van der Waals surface area contributed by atoms with Gasteiger partial charge in [-0.05, 0) is 62.5 Å². The molecule has 0 saturated heterocycles. The highest BCUT2D eigenvalue weighted by Crippen LogP contribution is 2.24. The van der Waals surface area contributed by atoms with Gasteiger partial charge in [-0.15, -0.1) is 0 Å². The Morgan fingerprint density at radius 1 is 1.05 bits per heavy atom. The van der Waals surface area contributed by atoms with Gasteiger partial charge in [-0.25, -0.2) is 0 Å². The second-order valence-electron chi connectivity index (χ2n) is 4.76. The number of ether oxygens (including phenoxy) is 1. The average Bonchev–Trinajstić information content (AvgIpc) is 2.82. The third kappa shape index (κ3) is 3.72. The lowest BCUT2D eigenvalue weighted by molar-refractivity contribution is 0.306. The van der Waals surface area contributed by atoms with Gasteiger partial charge in [0.05, 0.1) is 6.61 Å². The van der Waals surface area contributed by atoms with Crippen molar-refractivity contribution in [3.05, 3.63) is 30.0 Å². The molecular weight excluding hydrogens is 238 g/mol. The minimum atomic E-state index is 0.664. The van der Waals surface area contributed by atoms with Crippen molar-refractivity contribution in [1.82, 2.24) is 4.98 Å². The summed E-state index contributed by atoms with van der Waals surface area (Å²) in [5, 5.41) is 1.21. The van der Waals surface area contributed by atoms with E-state index < -0.39 is 0 Å². The summed E-state index contributed by atoms with van der Waals surface area (Å²) in [5.74, 6) is 0.929. The number of benzene rings is 1. The Hall–Kier alpha value is -1.52. The molecule has 0 aliphatic rings. The molecule has 0 fully saturated rings. The molecular formula is C15H23N3O. The molecule has 0 unspecified atom stereocenters. The van der Waals surface area contributed by atoms with Crippen LogP contribution in [0.25, 0.3) is 10.9 Å². The molecule has 2 aromatic rings. The van der Waals surface area contributed by atoms with Gasteiger partial charge in [-0.2, -0.15) is 0 Å². The number of hydrogen-bond donors (Lipinski definition) is 3. The molecule has 0 bridgehead atoms. The minimum absolute atomic E-state index is 0.664. The molecule has 4 heteroatoms. The van der Waals surface area contributed by atoms with Crippen LogP contribution < -0.4 is 16.2 Å². The number of rotatable bonds is 8. The first-order chi connectivity index (χ1) is 9.35. The fourth-order valence-electron chi connectivity index (χ4n) is 2.22. The number of unbranched alkanes of at least 4 members (excludes halogenated alkanes) is 2. The molecule has 1 heterocycles. The van der Waals surface area contributed by atoms with E-state index in [-0.39, 0.29) is 0 Å². The van der Waals surface area contributed by atoms with Crippen molar-refractivity contribution < 1.29 is 4.74 Å². The molecule has 0 aliphatic heterocycles. The van der Waals surface area contributed by atoms with Crippen LogP contribution in [-0.4, -0.2) is 24.7 Å². The smallest absolute Gasteiger partial charge is 0.120 e. The van der Waals surface area contributed by atoms with Crippen molar-refractivity contribution in [2.75, 3.05) is 19.7 Å². The Labute approximate surface area is 114 Å². The van der Waals surface area contributed by atoms with Crippen LogP contribution in [0.4, 0.5) is 0 Å². The van der Waals surface area contributed by atoms with E-state index in [9.17, 15) is 0 Å². The molecule has 0 saturated carbocycles. The van der Waals surface area contributed by atoms with Crippen LogP contribution in [0.2, 0.25) is 0 Å². The largest absolute Gasteiger partial charge is 0.494 e. The number of fused-ring (bicyclic) bond motifs is 1. The summed E-state index contributed by atoms with van der Waals surface area (Å²) in [4.78, 5) is 3.26. The van der Waals surface area contributed by atoms with E-state index in [1.807, 2.05) is 12.3 Å². The lowest BCUT2D eigenvalue weighted by Crippen LogP contribution is -2.02. The molecule has 0 atom stereocenters. The SMILES string of the molecule is NCCCCCOc1ccc2[nH]cc(CCN)c2c1. The lowest BCUT2D eigenvalue weighted by atomic mass is 10.1. The highest BCUT2D eigenvalue weighted by molar-refractivity contribution is 5.84. The molecule has 1 aromatic carbocycles. The number of nitrogens with two attached hydrogens (primary N) is 2. The lowest BCUT2D eigenvalue weighted by Gasteiger charge is -2.06. The highest BCUT2D eigenvalue weighted by Gasteiger charge is 2.04. The van der Waals surface area contributed by atoms with E-state index in [1.54, 1.807) is 0 Å². The second kappa shape index (κ2) is 7.16. The summed E-state index contributed by atoms with van der Waals surface area (Å²) >= 11 is 0. The number of nitrogens with one attached hydrogen (secondary N) is 1. The maximum atomic E-state index is 5.78. The summed E-state index contributed by atoms with van der Waals surface area (Å²) in [5.41, 5.74) is 13.5. The number of H-pyrrole nitrogens is 1. The van der Waals surface area contributed by atoms with Crippen LogP contribution >= 0.6 is 0 Å². The summed E-state index contributed by atoms with van der Waals surface area (Å²) in [6.45, 7) is 2.18. The van der Waals surface area contributed by atoms with E-state index in [0.29, 0.717) is 6.54 Å². The maximum Gasteiger partial charge on any atom is 0.120 e. The third-order valence-corrected chi connectivity index (χ3v) is 3.27. The fraction of sp³-hybridized carbons (Fsp3) is 0.467. The van der Waals surface area contributed by atoms with Crippen LogP contribution in [0, 0.1) is 0 Å². The van der Waals surface area contributed by atoms with E-state index in [2.05, 4.69) is 17.1 Å². The van der Waals surface area contributed by atoms with Gasteiger partial charge in [0, 0.05) is 17.1 Å². The zero-order chi connectivity index (χ0) is 13.5. The van der Waals surface area contributed by atoms with Crippen LogP contribution in [0.1, 0.15) is 24.8 Å². The van der Waals surface area contributed by atoms with Crippen LogP contribution in [0.15, 0.2) is 24.4 Å². The number of hydrogen-bond acceptors (Lipinski definition) is 3.